The molecule has 0 unspecified atom stereocenters. The lowest BCUT2D eigenvalue weighted by Crippen LogP contribution is -2.34. The minimum absolute atomic E-state index is 0.648. The first-order chi connectivity index (χ1) is 10.3. The Labute approximate surface area is 129 Å². The summed E-state index contributed by atoms with van der Waals surface area (Å²) in [5, 5.41) is 8.59. The molecule has 0 aromatic heterocycles. The Hall–Kier alpha value is -1.37. The smallest absolute Gasteiger partial charge is 0.0621 e. The predicted molar refractivity (Wildman–Crippen MR) is 86.8 cm³/mol. The molecule has 114 valence electrons. The maximum atomic E-state index is 8.59. The Balaban J connectivity index is 1.79. The van der Waals surface area contributed by atoms with Crippen molar-refractivity contribution in [3.63, 3.8) is 0 Å². The molecule has 3 nitrogen and oxygen atoms in total. The van der Waals surface area contributed by atoms with Crippen molar-refractivity contribution in [3.8, 4) is 6.07 Å². The van der Waals surface area contributed by atoms with E-state index in [2.05, 4.69) is 53.1 Å². The van der Waals surface area contributed by atoms with Crippen molar-refractivity contribution < 1.29 is 0 Å². The Morgan fingerprint density at radius 1 is 1.14 bits per heavy atom. The molecule has 21 heavy (non-hydrogen) atoms. The summed E-state index contributed by atoms with van der Waals surface area (Å²) in [4.78, 5) is 5.17. The van der Waals surface area contributed by atoms with Crippen LogP contribution in [-0.2, 0) is 6.54 Å². The van der Waals surface area contributed by atoms with Gasteiger partial charge >= 0.3 is 0 Å². The molecule has 1 atom stereocenters. The zero-order chi connectivity index (χ0) is 14.9. The van der Waals surface area contributed by atoms with Gasteiger partial charge in [0.25, 0.3) is 0 Å². The van der Waals surface area contributed by atoms with Gasteiger partial charge in [0.15, 0.2) is 0 Å². The number of rotatable bonds is 6. The maximum absolute atomic E-state index is 8.59. The molecule has 1 aliphatic rings. The van der Waals surface area contributed by atoms with E-state index in [0.29, 0.717) is 12.5 Å². The molecule has 0 radical (unpaired) electrons. The highest BCUT2D eigenvalue weighted by atomic mass is 15.2. The molecule has 1 aliphatic heterocycles. The van der Waals surface area contributed by atoms with E-state index in [4.69, 9.17) is 5.26 Å². The minimum atomic E-state index is 0.648. The summed E-state index contributed by atoms with van der Waals surface area (Å²) in [7, 11) is 0. The van der Waals surface area contributed by atoms with E-state index in [9.17, 15) is 0 Å². The average Bonchev–Trinajstić information content (AvgIpc) is 2.68. The Morgan fingerprint density at radius 2 is 1.95 bits per heavy atom. The van der Waals surface area contributed by atoms with Crippen molar-refractivity contribution in [2.75, 3.05) is 26.2 Å². The molecule has 1 aromatic carbocycles. The topological polar surface area (TPSA) is 30.3 Å². The molecule has 0 spiro atoms. The normalized spacial score (nSPS) is 20.9. The van der Waals surface area contributed by atoms with Crippen LogP contribution in [0.5, 0.6) is 0 Å². The summed E-state index contributed by atoms with van der Waals surface area (Å²) in [6, 6.07) is 13.6. The zero-order valence-corrected chi connectivity index (χ0v) is 13.2. The summed E-state index contributed by atoms with van der Waals surface area (Å²) < 4.78 is 0. The van der Waals surface area contributed by atoms with Gasteiger partial charge in [-0.1, -0.05) is 30.3 Å². The van der Waals surface area contributed by atoms with E-state index in [-0.39, 0.29) is 0 Å². The molecular weight excluding hydrogens is 258 g/mol. The summed E-state index contributed by atoms with van der Waals surface area (Å²) in [5.41, 5.74) is 1.41. The van der Waals surface area contributed by atoms with Crippen molar-refractivity contribution in [2.24, 2.45) is 0 Å². The third-order valence-corrected chi connectivity index (χ3v) is 4.43. The molecule has 1 saturated heterocycles. The highest BCUT2D eigenvalue weighted by Crippen LogP contribution is 2.15. The van der Waals surface area contributed by atoms with Gasteiger partial charge in [-0.25, -0.2) is 0 Å². The second-order valence-electron chi connectivity index (χ2n) is 6.05. The van der Waals surface area contributed by atoms with E-state index in [1.807, 2.05) is 0 Å². The van der Waals surface area contributed by atoms with E-state index < -0.39 is 0 Å². The third kappa shape index (κ3) is 5.49. The summed E-state index contributed by atoms with van der Waals surface area (Å²) >= 11 is 0. The molecule has 3 heteroatoms. The van der Waals surface area contributed by atoms with Gasteiger partial charge in [-0.2, -0.15) is 5.26 Å². The molecule has 0 saturated carbocycles. The van der Waals surface area contributed by atoms with Crippen LogP contribution in [-0.4, -0.2) is 42.0 Å². The Kier molecular flexibility index (Phi) is 6.72. The highest BCUT2D eigenvalue weighted by Gasteiger charge is 2.20. The lowest BCUT2D eigenvalue weighted by atomic mass is 10.1. The third-order valence-electron chi connectivity index (χ3n) is 4.43. The molecular formula is C18H27N3. The second kappa shape index (κ2) is 8.81. The van der Waals surface area contributed by atoms with Crippen molar-refractivity contribution in [1.82, 2.24) is 9.80 Å². The summed E-state index contributed by atoms with van der Waals surface area (Å²) in [5.74, 6) is 0. The largest absolute Gasteiger partial charge is 0.302 e. The van der Waals surface area contributed by atoms with Gasteiger partial charge in [0.05, 0.1) is 6.07 Å². The van der Waals surface area contributed by atoms with E-state index >= 15 is 0 Å². The quantitative estimate of drug-likeness (QED) is 0.751. The molecule has 1 aromatic rings. The molecule has 0 bridgehead atoms. The molecule has 1 heterocycles. The van der Waals surface area contributed by atoms with Crippen molar-refractivity contribution >= 4 is 0 Å². The fraction of sp³-hybridized carbons (Fsp3) is 0.611. The van der Waals surface area contributed by atoms with Crippen LogP contribution in [0.1, 0.15) is 38.2 Å². The fourth-order valence-electron chi connectivity index (χ4n) is 2.97. The van der Waals surface area contributed by atoms with Crippen LogP contribution in [0.4, 0.5) is 0 Å². The average molecular weight is 285 g/mol. The van der Waals surface area contributed by atoms with Gasteiger partial charge in [0.2, 0.25) is 0 Å². The van der Waals surface area contributed by atoms with Crippen molar-refractivity contribution in [2.45, 2.75) is 45.2 Å². The van der Waals surface area contributed by atoms with Crippen LogP contribution in [0, 0.1) is 11.3 Å². The first-order valence-electron chi connectivity index (χ1n) is 8.17. The minimum Gasteiger partial charge on any atom is -0.302 e. The summed E-state index contributed by atoms with van der Waals surface area (Å²) in [6.45, 7) is 8.05. The van der Waals surface area contributed by atoms with Crippen LogP contribution < -0.4 is 0 Å². The standard InChI is InChI=1S/C18H27N3/c1-17-10-13-20(12-7-3-6-11-19)14-15-21(17)16-18-8-4-2-5-9-18/h2,4-5,8-9,17H,3,6-7,10,12-16H2,1H3/t17-/m0/s1. The van der Waals surface area contributed by atoms with Crippen LogP contribution in [0.3, 0.4) is 0 Å². The van der Waals surface area contributed by atoms with Gasteiger partial charge < -0.3 is 4.90 Å². The molecule has 0 aliphatic carbocycles. The molecule has 1 fully saturated rings. The van der Waals surface area contributed by atoms with Gasteiger partial charge in [-0.3, -0.25) is 4.90 Å². The van der Waals surface area contributed by atoms with Crippen LogP contribution in [0.15, 0.2) is 30.3 Å². The van der Waals surface area contributed by atoms with Crippen LogP contribution in [0.2, 0.25) is 0 Å². The van der Waals surface area contributed by atoms with E-state index in [1.165, 1.54) is 18.5 Å². The zero-order valence-electron chi connectivity index (χ0n) is 13.2. The fourth-order valence-corrected chi connectivity index (χ4v) is 2.97. The SMILES string of the molecule is C[C@H]1CCN(CCCCC#N)CCN1Cc1ccccc1. The van der Waals surface area contributed by atoms with Crippen molar-refractivity contribution in [3.05, 3.63) is 35.9 Å². The van der Waals surface area contributed by atoms with E-state index in [0.717, 1.165) is 39.0 Å². The predicted octanol–water partition coefficient (Wildman–Crippen LogP) is 3.28. The first-order valence-corrected chi connectivity index (χ1v) is 8.17. The number of nitrogens with zero attached hydrogens (tertiary/aromatic N) is 3. The van der Waals surface area contributed by atoms with Crippen LogP contribution in [0.25, 0.3) is 0 Å². The van der Waals surface area contributed by atoms with Gasteiger partial charge in [0, 0.05) is 32.1 Å². The van der Waals surface area contributed by atoms with Gasteiger partial charge in [0.1, 0.15) is 0 Å². The van der Waals surface area contributed by atoms with Gasteiger partial charge in [-0.15, -0.1) is 0 Å². The maximum Gasteiger partial charge on any atom is 0.0621 e. The second-order valence-corrected chi connectivity index (χ2v) is 6.05. The van der Waals surface area contributed by atoms with Crippen molar-refractivity contribution in [1.29, 1.82) is 5.26 Å². The lowest BCUT2D eigenvalue weighted by Gasteiger charge is -2.26. The number of hydrogen-bond acceptors (Lipinski definition) is 3. The molecule has 0 N–H and O–H groups in total. The van der Waals surface area contributed by atoms with Crippen LogP contribution >= 0.6 is 0 Å². The molecule has 0 amide bonds. The number of benzene rings is 1. The Bertz CT molecular complexity index is 438. The van der Waals surface area contributed by atoms with Gasteiger partial charge in [-0.05, 0) is 44.8 Å². The first kappa shape index (κ1) is 16.0. The highest BCUT2D eigenvalue weighted by molar-refractivity contribution is 5.14. The molecule has 2 rings (SSSR count). The summed E-state index contributed by atoms with van der Waals surface area (Å²) in [6.07, 6.45) is 4.13. The Morgan fingerprint density at radius 3 is 2.71 bits per heavy atom. The lowest BCUT2D eigenvalue weighted by molar-refractivity contribution is 0.205. The number of nitriles is 1. The number of hydrogen-bond donors (Lipinski definition) is 0. The number of unbranched alkanes of at least 4 members (excludes halogenated alkanes) is 2. The van der Waals surface area contributed by atoms with E-state index in [1.54, 1.807) is 0 Å². The monoisotopic (exact) mass is 285 g/mol.